The number of H-pyrrole nitrogens is 1. The Morgan fingerprint density at radius 1 is 0.824 bits per heavy atom. The number of aryl methyl sites for hydroxylation is 3. The van der Waals surface area contributed by atoms with Crippen molar-refractivity contribution < 1.29 is 0 Å². The predicted octanol–water partition coefficient (Wildman–Crippen LogP) is 5.98. The van der Waals surface area contributed by atoms with Gasteiger partial charge in [-0.2, -0.15) is 0 Å². The van der Waals surface area contributed by atoms with Gasteiger partial charge in [0.1, 0.15) is 5.82 Å². The highest BCUT2D eigenvalue weighted by Gasteiger charge is 2.42. The van der Waals surface area contributed by atoms with Crippen LogP contribution in [-0.4, -0.2) is 26.0 Å². The molecular formula is C29H29N5. The number of imidazole rings is 1. The Morgan fingerprint density at radius 2 is 1.56 bits per heavy atom. The van der Waals surface area contributed by atoms with E-state index in [-0.39, 0.29) is 0 Å². The number of fused-ring (bicyclic) bond motifs is 2. The van der Waals surface area contributed by atoms with Crippen molar-refractivity contribution in [1.82, 2.24) is 19.9 Å². The molecule has 6 rings (SSSR count). The van der Waals surface area contributed by atoms with Gasteiger partial charge in [0, 0.05) is 18.0 Å². The second kappa shape index (κ2) is 8.03. The zero-order chi connectivity index (χ0) is 23.4. The molecule has 2 aromatic heterocycles. The van der Waals surface area contributed by atoms with Gasteiger partial charge < -0.3 is 10.7 Å². The minimum absolute atomic E-state index is 0.365. The third kappa shape index (κ3) is 3.76. The number of hydrogen-bond donors (Lipinski definition) is 2. The summed E-state index contributed by atoms with van der Waals surface area (Å²) in [4.78, 5) is 17.9. The lowest BCUT2D eigenvalue weighted by molar-refractivity contribution is 0.652. The highest BCUT2D eigenvalue weighted by molar-refractivity contribution is 5.86. The Labute approximate surface area is 199 Å². The molecule has 0 saturated heterocycles. The third-order valence-corrected chi connectivity index (χ3v) is 7.56. The number of rotatable bonds is 5. The average molecular weight is 448 g/mol. The molecule has 34 heavy (non-hydrogen) atoms. The summed E-state index contributed by atoms with van der Waals surface area (Å²) in [6.07, 6.45) is 3.91. The monoisotopic (exact) mass is 447 g/mol. The molecule has 1 aliphatic rings. The van der Waals surface area contributed by atoms with Crippen LogP contribution in [0, 0.1) is 25.7 Å². The van der Waals surface area contributed by atoms with Crippen molar-refractivity contribution in [1.29, 1.82) is 0 Å². The molecule has 5 heteroatoms. The molecule has 0 bridgehead atoms. The van der Waals surface area contributed by atoms with E-state index in [0.717, 1.165) is 63.1 Å². The van der Waals surface area contributed by atoms with Crippen molar-refractivity contribution in [2.24, 2.45) is 17.6 Å². The van der Waals surface area contributed by atoms with E-state index in [4.69, 9.17) is 20.7 Å². The number of nitrogens with zero attached hydrogens (tertiary/aromatic N) is 3. The second-order valence-electron chi connectivity index (χ2n) is 9.81. The van der Waals surface area contributed by atoms with Crippen molar-refractivity contribution in [3.05, 3.63) is 77.7 Å². The Morgan fingerprint density at radius 3 is 2.32 bits per heavy atom. The molecule has 2 unspecified atom stereocenters. The normalized spacial score (nSPS) is 19.7. The molecule has 2 heterocycles. The predicted molar refractivity (Wildman–Crippen MR) is 138 cm³/mol. The van der Waals surface area contributed by atoms with E-state index < -0.39 is 0 Å². The van der Waals surface area contributed by atoms with Crippen LogP contribution in [0.4, 0.5) is 0 Å². The molecule has 0 radical (unpaired) electrons. The second-order valence-corrected chi connectivity index (χ2v) is 9.81. The van der Waals surface area contributed by atoms with Crippen LogP contribution < -0.4 is 5.73 Å². The fraction of sp³-hybridized carbons (Fsp3) is 0.276. The van der Waals surface area contributed by atoms with Crippen LogP contribution in [0.5, 0.6) is 0 Å². The molecule has 3 aromatic carbocycles. The molecule has 0 aliphatic heterocycles. The molecular weight excluding hydrogens is 418 g/mol. The molecule has 5 nitrogen and oxygen atoms in total. The zero-order valence-corrected chi connectivity index (χ0v) is 19.8. The highest BCUT2D eigenvalue weighted by Crippen LogP contribution is 2.40. The van der Waals surface area contributed by atoms with E-state index in [2.05, 4.69) is 80.4 Å². The van der Waals surface area contributed by atoms with E-state index in [1.54, 1.807) is 0 Å². The van der Waals surface area contributed by atoms with Gasteiger partial charge in [0.2, 0.25) is 0 Å². The molecule has 1 saturated carbocycles. The lowest BCUT2D eigenvalue weighted by Gasteiger charge is -2.07. The van der Waals surface area contributed by atoms with Crippen molar-refractivity contribution in [3.8, 4) is 22.4 Å². The minimum atomic E-state index is 0.365. The van der Waals surface area contributed by atoms with Crippen LogP contribution in [0.25, 0.3) is 44.5 Å². The number of aromatic nitrogens is 4. The van der Waals surface area contributed by atoms with Crippen LogP contribution in [0.15, 0.2) is 60.8 Å². The van der Waals surface area contributed by atoms with E-state index in [1.807, 2.05) is 6.20 Å². The quantitative estimate of drug-likeness (QED) is 0.347. The van der Waals surface area contributed by atoms with Gasteiger partial charge in [-0.15, -0.1) is 0 Å². The maximum atomic E-state index is 6.08. The summed E-state index contributed by atoms with van der Waals surface area (Å²) < 4.78 is 0. The largest absolute Gasteiger partial charge is 0.342 e. The zero-order valence-electron chi connectivity index (χ0n) is 19.8. The first-order valence-corrected chi connectivity index (χ1v) is 12.1. The fourth-order valence-electron chi connectivity index (χ4n) is 4.93. The Bertz CT molecular complexity index is 1520. The standard InChI is InChI=1S/C29H29N5/c1-16-4-5-21(12-17(16)2)27-15-31-25-13-19(6-9-23(25)32-27)20-7-10-24-26(14-20)34-28(33-24)11-8-22-18(3)29(22)30/h4-7,9-10,12-15,18,22,29H,8,11,30H2,1-3H3,(H,33,34)/t18-,22?,29?/m1/s1. The van der Waals surface area contributed by atoms with Gasteiger partial charge in [-0.25, -0.2) is 9.97 Å². The third-order valence-electron chi connectivity index (χ3n) is 7.56. The number of benzene rings is 3. The average Bonchev–Trinajstić information content (AvgIpc) is 3.23. The molecule has 5 aromatic rings. The van der Waals surface area contributed by atoms with Gasteiger partial charge in [0.15, 0.2) is 0 Å². The van der Waals surface area contributed by atoms with Crippen LogP contribution in [0.1, 0.15) is 30.3 Å². The first-order valence-electron chi connectivity index (χ1n) is 12.1. The van der Waals surface area contributed by atoms with Crippen molar-refractivity contribution in [2.45, 2.75) is 39.7 Å². The van der Waals surface area contributed by atoms with Crippen LogP contribution in [0.3, 0.4) is 0 Å². The molecule has 170 valence electrons. The maximum absolute atomic E-state index is 6.08. The van der Waals surface area contributed by atoms with E-state index in [9.17, 15) is 0 Å². The lowest BCUT2D eigenvalue weighted by Crippen LogP contribution is -2.03. The van der Waals surface area contributed by atoms with Gasteiger partial charge in [0.25, 0.3) is 0 Å². The van der Waals surface area contributed by atoms with Gasteiger partial charge in [0.05, 0.1) is 34.0 Å². The summed E-state index contributed by atoms with van der Waals surface area (Å²) in [5.41, 5.74) is 16.8. The van der Waals surface area contributed by atoms with Crippen LogP contribution in [-0.2, 0) is 6.42 Å². The number of hydrogen-bond acceptors (Lipinski definition) is 4. The van der Waals surface area contributed by atoms with Gasteiger partial charge in [-0.05, 0) is 84.7 Å². The van der Waals surface area contributed by atoms with Crippen molar-refractivity contribution in [2.75, 3.05) is 0 Å². The van der Waals surface area contributed by atoms with Crippen LogP contribution in [0.2, 0.25) is 0 Å². The van der Waals surface area contributed by atoms with Crippen LogP contribution >= 0.6 is 0 Å². The Hall–Kier alpha value is -3.57. The molecule has 3 atom stereocenters. The summed E-state index contributed by atoms with van der Waals surface area (Å²) in [5.74, 6) is 2.32. The molecule has 1 aliphatic carbocycles. The highest BCUT2D eigenvalue weighted by atomic mass is 14.9. The molecule has 0 spiro atoms. The summed E-state index contributed by atoms with van der Waals surface area (Å²) in [5, 5.41) is 0. The topological polar surface area (TPSA) is 80.5 Å². The summed E-state index contributed by atoms with van der Waals surface area (Å²) in [6, 6.07) is 19.5. The van der Waals surface area contributed by atoms with Crippen molar-refractivity contribution in [3.63, 3.8) is 0 Å². The number of nitrogens with two attached hydrogens (primary N) is 1. The number of aromatic amines is 1. The van der Waals surface area contributed by atoms with Gasteiger partial charge >= 0.3 is 0 Å². The maximum Gasteiger partial charge on any atom is 0.107 e. The fourth-order valence-corrected chi connectivity index (χ4v) is 4.93. The van der Waals surface area contributed by atoms with E-state index in [1.165, 1.54) is 11.1 Å². The summed E-state index contributed by atoms with van der Waals surface area (Å²) in [6.45, 7) is 6.49. The van der Waals surface area contributed by atoms with Gasteiger partial charge in [-0.1, -0.05) is 31.2 Å². The first-order chi connectivity index (χ1) is 16.5. The Kier molecular flexibility index (Phi) is 4.96. The van der Waals surface area contributed by atoms with E-state index in [0.29, 0.717) is 17.9 Å². The summed E-state index contributed by atoms with van der Waals surface area (Å²) >= 11 is 0. The van der Waals surface area contributed by atoms with Crippen molar-refractivity contribution >= 4 is 22.1 Å². The summed E-state index contributed by atoms with van der Waals surface area (Å²) in [7, 11) is 0. The molecule has 1 fully saturated rings. The smallest absolute Gasteiger partial charge is 0.107 e. The minimum Gasteiger partial charge on any atom is -0.342 e. The van der Waals surface area contributed by atoms with Gasteiger partial charge in [-0.3, -0.25) is 4.98 Å². The molecule has 3 N–H and O–H groups in total. The SMILES string of the molecule is Cc1ccc(-c2cnc3cc(-c4ccc5nc(CCC6C(N)[C@@H]6C)[nH]c5c4)ccc3n2)cc1C. The number of nitrogens with one attached hydrogen (secondary N) is 1. The van der Waals surface area contributed by atoms with E-state index >= 15 is 0 Å². The molecule has 0 amide bonds. The first kappa shape index (κ1) is 21.0. The lowest BCUT2D eigenvalue weighted by atomic mass is 10.0. The Balaban J connectivity index is 1.27.